The quantitative estimate of drug-likeness (QED) is 0.811. The number of carbonyl (C=O) groups excluding carboxylic acids is 3. The molecule has 0 aliphatic carbocycles. The van der Waals surface area contributed by atoms with Crippen molar-refractivity contribution in [3.63, 3.8) is 0 Å². The first-order chi connectivity index (χ1) is 13.6. The number of hydrogen-bond acceptors (Lipinski definition) is 4. The van der Waals surface area contributed by atoms with Crippen LogP contribution in [0.1, 0.15) is 43.1 Å². The second-order valence-corrected chi connectivity index (χ2v) is 7.41. The Hall–Kier alpha value is -2.99. The summed E-state index contributed by atoms with van der Waals surface area (Å²) in [6.45, 7) is 2.54. The zero-order valence-corrected chi connectivity index (χ0v) is 15.9. The van der Waals surface area contributed by atoms with Crippen LogP contribution in [0.3, 0.4) is 0 Å². The molecule has 2 aromatic rings. The molecule has 28 heavy (non-hydrogen) atoms. The minimum atomic E-state index is -0.340. The van der Waals surface area contributed by atoms with Gasteiger partial charge >= 0.3 is 0 Å². The summed E-state index contributed by atoms with van der Waals surface area (Å²) in [6.07, 6.45) is 0.972. The van der Waals surface area contributed by atoms with Gasteiger partial charge in [0, 0.05) is 18.7 Å². The summed E-state index contributed by atoms with van der Waals surface area (Å²) in [5.41, 5.74) is 2.04. The molecule has 0 saturated carbocycles. The van der Waals surface area contributed by atoms with Crippen LogP contribution in [-0.4, -0.2) is 54.2 Å². The number of carbonyl (C=O) groups is 3. The van der Waals surface area contributed by atoms with Crippen molar-refractivity contribution in [2.75, 3.05) is 26.7 Å². The Morgan fingerprint density at radius 1 is 1.07 bits per heavy atom. The standard InChI is InChI=1S/C22H23N3O3/c1-23-12-16-9-10-24(13-16)20(26)17-7-8-18-19(11-17)22(28)25(21(18)27)14-15-5-3-2-4-6-15/h2-8,11,16,23H,9-10,12-14H2,1H3. The number of rotatable bonds is 5. The summed E-state index contributed by atoms with van der Waals surface area (Å²) in [7, 11) is 1.91. The lowest BCUT2D eigenvalue weighted by atomic mass is 10.0. The normalized spacial score (nSPS) is 18.7. The van der Waals surface area contributed by atoms with E-state index in [1.54, 1.807) is 18.2 Å². The molecule has 2 aliphatic heterocycles. The highest BCUT2D eigenvalue weighted by Crippen LogP contribution is 2.27. The monoisotopic (exact) mass is 377 g/mol. The molecule has 3 amide bonds. The first-order valence-electron chi connectivity index (χ1n) is 9.56. The van der Waals surface area contributed by atoms with Crippen LogP contribution >= 0.6 is 0 Å². The van der Waals surface area contributed by atoms with Crippen molar-refractivity contribution in [2.45, 2.75) is 13.0 Å². The third-order valence-electron chi connectivity index (χ3n) is 5.47. The van der Waals surface area contributed by atoms with Gasteiger partial charge in [-0.3, -0.25) is 19.3 Å². The van der Waals surface area contributed by atoms with Gasteiger partial charge in [0.1, 0.15) is 0 Å². The number of benzene rings is 2. The van der Waals surface area contributed by atoms with Crippen molar-refractivity contribution in [2.24, 2.45) is 5.92 Å². The molecule has 2 heterocycles. The molecule has 1 unspecified atom stereocenters. The van der Waals surface area contributed by atoms with Gasteiger partial charge in [0.05, 0.1) is 17.7 Å². The summed E-state index contributed by atoms with van der Waals surface area (Å²) < 4.78 is 0. The number of likely N-dealkylation sites (tertiary alicyclic amines) is 1. The fraction of sp³-hybridized carbons (Fsp3) is 0.318. The van der Waals surface area contributed by atoms with Gasteiger partial charge in [0.2, 0.25) is 0 Å². The highest BCUT2D eigenvalue weighted by molar-refractivity contribution is 6.22. The number of imide groups is 1. The van der Waals surface area contributed by atoms with E-state index in [0.717, 1.165) is 25.1 Å². The fourth-order valence-corrected chi connectivity index (χ4v) is 3.99. The van der Waals surface area contributed by atoms with Crippen molar-refractivity contribution >= 4 is 17.7 Å². The Labute approximate surface area is 164 Å². The molecule has 0 spiro atoms. The first-order valence-corrected chi connectivity index (χ1v) is 9.56. The summed E-state index contributed by atoms with van der Waals surface area (Å²) in [5, 5.41) is 3.15. The molecule has 0 aromatic heterocycles. The number of amides is 3. The van der Waals surface area contributed by atoms with Crippen LogP contribution in [0.5, 0.6) is 0 Å². The lowest BCUT2D eigenvalue weighted by Gasteiger charge is -2.17. The zero-order valence-electron chi connectivity index (χ0n) is 15.9. The largest absolute Gasteiger partial charge is 0.338 e. The average Bonchev–Trinajstić information content (AvgIpc) is 3.27. The maximum Gasteiger partial charge on any atom is 0.261 e. The molecule has 0 bridgehead atoms. The third-order valence-corrected chi connectivity index (χ3v) is 5.47. The molecule has 144 valence electrons. The molecule has 1 N–H and O–H groups in total. The Bertz CT molecular complexity index is 926. The third kappa shape index (κ3) is 3.31. The molecule has 0 radical (unpaired) electrons. The van der Waals surface area contributed by atoms with Crippen molar-refractivity contribution in [1.29, 1.82) is 0 Å². The molecule has 1 fully saturated rings. The van der Waals surface area contributed by atoms with E-state index in [1.165, 1.54) is 4.90 Å². The predicted octanol–water partition coefficient (Wildman–Crippen LogP) is 2.16. The van der Waals surface area contributed by atoms with Gasteiger partial charge in [-0.1, -0.05) is 30.3 Å². The smallest absolute Gasteiger partial charge is 0.261 e. The van der Waals surface area contributed by atoms with Gasteiger partial charge in [-0.2, -0.15) is 0 Å². The first kappa shape index (κ1) is 18.4. The van der Waals surface area contributed by atoms with Gasteiger partial charge in [0.25, 0.3) is 17.7 Å². The summed E-state index contributed by atoms with van der Waals surface area (Å²) in [6, 6.07) is 14.3. The van der Waals surface area contributed by atoms with E-state index in [2.05, 4.69) is 5.32 Å². The fourth-order valence-electron chi connectivity index (χ4n) is 3.99. The van der Waals surface area contributed by atoms with Crippen molar-refractivity contribution in [3.8, 4) is 0 Å². The SMILES string of the molecule is CNCC1CCN(C(=O)c2ccc3c(c2)C(=O)N(Cc2ccccc2)C3=O)C1. The molecule has 6 nitrogen and oxygen atoms in total. The van der Waals surface area contributed by atoms with Gasteiger partial charge in [0.15, 0.2) is 0 Å². The second-order valence-electron chi connectivity index (χ2n) is 7.41. The van der Waals surface area contributed by atoms with E-state index >= 15 is 0 Å². The Kier molecular flexibility index (Phi) is 4.96. The molecule has 1 saturated heterocycles. The number of nitrogens with zero attached hydrogens (tertiary/aromatic N) is 2. The summed E-state index contributed by atoms with van der Waals surface area (Å²) in [5.74, 6) is -0.276. The van der Waals surface area contributed by atoms with E-state index < -0.39 is 0 Å². The second kappa shape index (κ2) is 7.56. The highest BCUT2D eigenvalue weighted by atomic mass is 16.2. The minimum Gasteiger partial charge on any atom is -0.338 e. The molecule has 6 heteroatoms. The summed E-state index contributed by atoms with van der Waals surface area (Å²) in [4.78, 5) is 41.4. The van der Waals surface area contributed by atoms with E-state index in [4.69, 9.17) is 0 Å². The van der Waals surface area contributed by atoms with Crippen molar-refractivity contribution in [1.82, 2.24) is 15.1 Å². The minimum absolute atomic E-state index is 0.0804. The Morgan fingerprint density at radius 3 is 2.57 bits per heavy atom. The van der Waals surface area contributed by atoms with E-state index in [9.17, 15) is 14.4 Å². The van der Waals surface area contributed by atoms with Gasteiger partial charge in [-0.15, -0.1) is 0 Å². The van der Waals surface area contributed by atoms with E-state index in [0.29, 0.717) is 29.2 Å². The van der Waals surface area contributed by atoms with Crippen molar-refractivity contribution in [3.05, 3.63) is 70.8 Å². The molecular weight excluding hydrogens is 354 g/mol. The van der Waals surface area contributed by atoms with Crippen LogP contribution in [0.4, 0.5) is 0 Å². The molecular formula is C22H23N3O3. The maximum atomic E-state index is 12.9. The molecule has 2 aliphatic rings. The number of hydrogen-bond donors (Lipinski definition) is 1. The van der Waals surface area contributed by atoms with Crippen LogP contribution < -0.4 is 5.32 Å². The number of nitrogens with one attached hydrogen (secondary N) is 1. The predicted molar refractivity (Wildman–Crippen MR) is 105 cm³/mol. The topological polar surface area (TPSA) is 69.7 Å². The highest BCUT2D eigenvalue weighted by Gasteiger charge is 2.36. The summed E-state index contributed by atoms with van der Waals surface area (Å²) >= 11 is 0. The van der Waals surface area contributed by atoms with Crippen LogP contribution in [-0.2, 0) is 6.54 Å². The van der Waals surface area contributed by atoms with Crippen LogP contribution in [0, 0.1) is 5.92 Å². The Balaban J connectivity index is 1.53. The van der Waals surface area contributed by atoms with Crippen LogP contribution in [0.25, 0.3) is 0 Å². The van der Waals surface area contributed by atoms with Gasteiger partial charge < -0.3 is 10.2 Å². The van der Waals surface area contributed by atoms with Gasteiger partial charge in [-0.05, 0) is 49.7 Å². The average molecular weight is 377 g/mol. The maximum absolute atomic E-state index is 12.9. The van der Waals surface area contributed by atoms with E-state index in [-0.39, 0.29) is 24.3 Å². The lowest BCUT2D eigenvalue weighted by Crippen LogP contribution is -2.30. The van der Waals surface area contributed by atoms with Crippen LogP contribution in [0.2, 0.25) is 0 Å². The van der Waals surface area contributed by atoms with Crippen LogP contribution in [0.15, 0.2) is 48.5 Å². The van der Waals surface area contributed by atoms with Crippen molar-refractivity contribution < 1.29 is 14.4 Å². The molecule has 2 aromatic carbocycles. The molecule has 4 rings (SSSR count). The number of fused-ring (bicyclic) bond motifs is 1. The zero-order chi connectivity index (χ0) is 19.7. The van der Waals surface area contributed by atoms with E-state index in [1.807, 2.05) is 42.3 Å². The van der Waals surface area contributed by atoms with Gasteiger partial charge in [-0.25, -0.2) is 0 Å². The molecule has 1 atom stereocenters. The Morgan fingerprint density at radius 2 is 1.82 bits per heavy atom. The lowest BCUT2D eigenvalue weighted by molar-refractivity contribution is 0.0642.